The van der Waals surface area contributed by atoms with Gasteiger partial charge in [-0.25, -0.2) is 4.98 Å². The Labute approximate surface area is 104 Å². The van der Waals surface area contributed by atoms with Crippen LogP contribution in [-0.4, -0.2) is 16.6 Å². The monoisotopic (exact) mass is 237 g/mol. The van der Waals surface area contributed by atoms with Gasteiger partial charge in [0.05, 0.1) is 6.61 Å². The van der Waals surface area contributed by atoms with E-state index in [1.807, 2.05) is 13.8 Å². The van der Waals surface area contributed by atoms with Crippen molar-refractivity contribution in [2.75, 3.05) is 12.3 Å². The second-order valence-electron chi connectivity index (χ2n) is 5.80. The van der Waals surface area contributed by atoms with Crippen LogP contribution in [0.25, 0.3) is 0 Å². The molecule has 0 spiro atoms. The van der Waals surface area contributed by atoms with E-state index in [0.717, 1.165) is 12.2 Å². The molecule has 96 valence electrons. The zero-order chi connectivity index (χ0) is 13.1. The Balaban J connectivity index is 2.65. The van der Waals surface area contributed by atoms with Crippen LogP contribution in [0.2, 0.25) is 0 Å². The molecule has 0 aromatic carbocycles. The van der Waals surface area contributed by atoms with Gasteiger partial charge in [0.2, 0.25) is 5.88 Å². The molecule has 0 aliphatic carbocycles. The fourth-order valence-corrected chi connectivity index (χ4v) is 1.26. The molecule has 1 heterocycles. The topological polar surface area (TPSA) is 61.0 Å². The number of nitrogen functional groups attached to an aromatic ring is 1. The van der Waals surface area contributed by atoms with Crippen LogP contribution < -0.4 is 10.5 Å². The normalized spacial score (nSPS) is 11.9. The van der Waals surface area contributed by atoms with Crippen LogP contribution in [-0.2, 0) is 0 Å². The fraction of sp³-hybridized carbons (Fsp3) is 0.692. The molecular weight excluding hydrogens is 214 g/mol. The van der Waals surface area contributed by atoms with Gasteiger partial charge in [-0.2, -0.15) is 4.98 Å². The first-order chi connectivity index (χ1) is 7.78. The van der Waals surface area contributed by atoms with Crippen LogP contribution in [0.3, 0.4) is 0 Å². The Hall–Kier alpha value is -1.32. The van der Waals surface area contributed by atoms with Crippen molar-refractivity contribution < 1.29 is 4.74 Å². The number of nitrogens with two attached hydrogens (primary N) is 1. The van der Waals surface area contributed by atoms with Gasteiger partial charge in [-0.15, -0.1) is 0 Å². The van der Waals surface area contributed by atoms with Crippen molar-refractivity contribution in [3.8, 4) is 5.88 Å². The molecular formula is C13H23N3O. The smallest absolute Gasteiger partial charge is 0.218 e. The standard InChI is InChI=1S/C13H23N3O/c1-9(2)12-15-10(14)8-11(16-12)17-7-6-13(3,4)5/h8-9H,6-7H2,1-5H3,(H2,14,15,16). The Morgan fingerprint density at radius 3 is 2.47 bits per heavy atom. The predicted octanol–water partition coefficient (Wildman–Crippen LogP) is 3.00. The quantitative estimate of drug-likeness (QED) is 0.874. The highest BCUT2D eigenvalue weighted by atomic mass is 16.5. The van der Waals surface area contributed by atoms with Crippen molar-refractivity contribution in [3.05, 3.63) is 11.9 Å². The summed E-state index contributed by atoms with van der Waals surface area (Å²) in [6, 6.07) is 1.68. The third-order valence-electron chi connectivity index (χ3n) is 2.36. The van der Waals surface area contributed by atoms with Crippen LogP contribution in [0.4, 0.5) is 5.82 Å². The lowest BCUT2D eigenvalue weighted by atomic mass is 9.93. The summed E-state index contributed by atoms with van der Waals surface area (Å²) in [6.45, 7) is 11.3. The van der Waals surface area contributed by atoms with Gasteiger partial charge in [0.25, 0.3) is 0 Å². The molecule has 0 atom stereocenters. The highest BCUT2D eigenvalue weighted by molar-refractivity contribution is 5.33. The molecule has 0 amide bonds. The Kier molecular flexibility index (Phi) is 4.32. The van der Waals surface area contributed by atoms with E-state index < -0.39 is 0 Å². The number of anilines is 1. The molecule has 4 nitrogen and oxygen atoms in total. The van der Waals surface area contributed by atoms with Gasteiger partial charge in [-0.05, 0) is 11.8 Å². The van der Waals surface area contributed by atoms with Gasteiger partial charge in [0, 0.05) is 12.0 Å². The van der Waals surface area contributed by atoms with Crippen molar-refractivity contribution in [2.24, 2.45) is 5.41 Å². The summed E-state index contributed by atoms with van der Waals surface area (Å²) in [5, 5.41) is 0. The van der Waals surface area contributed by atoms with Gasteiger partial charge >= 0.3 is 0 Å². The maximum absolute atomic E-state index is 5.72. The van der Waals surface area contributed by atoms with E-state index in [1.165, 1.54) is 0 Å². The number of nitrogens with zero attached hydrogens (tertiary/aromatic N) is 2. The van der Waals surface area contributed by atoms with Gasteiger partial charge in [-0.1, -0.05) is 34.6 Å². The second kappa shape index (κ2) is 5.34. The molecule has 0 aliphatic heterocycles. The molecule has 0 saturated heterocycles. The first-order valence-corrected chi connectivity index (χ1v) is 6.05. The summed E-state index contributed by atoms with van der Waals surface area (Å²) < 4.78 is 5.62. The number of rotatable bonds is 4. The summed E-state index contributed by atoms with van der Waals surface area (Å²) >= 11 is 0. The summed E-state index contributed by atoms with van der Waals surface area (Å²) in [6.07, 6.45) is 0.980. The van der Waals surface area contributed by atoms with E-state index in [9.17, 15) is 0 Å². The third kappa shape index (κ3) is 5.02. The molecule has 1 aromatic rings. The molecule has 0 bridgehead atoms. The van der Waals surface area contributed by atoms with Crippen molar-refractivity contribution in [1.29, 1.82) is 0 Å². The van der Waals surface area contributed by atoms with Gasteiger partial charge in [0.1, 0.15) is 11.6 Å². The zero-order valence-electron chi connectivity index (χ0n) is 11.4. The van der Waals surface area contributed by atoms with E-state index >= 15 is 0 Å². The molecule has 17 heavy (non-hydrogen) atoms. The maximum Gasteiger partial charge on any atom is 0.218 e. The maximum atomic E-state index is 5.72. The molecule has 0 radical (unpaired) electrons. The molecule has 0 aliphatic rings. The minimum atomic E-state index is 0.253. The Bertz CT molecular complexity index is 369. The summed E-state index contributed by atoms with van der Waals surface area (Å²) in [4.78, 5) is 8.52. The largest absolute Gasteiger partial charge is 0.478 e. The molecule has 0 saturated carbocycles. The fourth-order valence-electron chi connectivity index (χ4n) is 1.26. The Morgan fingerprint density at radius 1 is 1.29 bits per heavy atom. The minimum absolute atomic E-state index is 0.253. The van der Waals surface area contributed by atoms with Gasteiger partial charge < -0.3 is 10.5 Å². The van der Waals surface area contributed by atoms with Crippen LogP contribution >= 0.6 is 0 Å². The zero-order valence-corrected chi connectivity index (χ0v) is 11.4. The molecule has 1 rings (SSSR count). The molecule has 2 N–H and O–H groups in total. The molecule has 0 fully saturated rings. The van der Waals surface area contributed by atoms with Crippen LogP contribution in [0, 0.1) is 5.41 Å². The van der Waals surface area contributed by atoms with Crippen LogP contribution in [0.15, 0.2) is 6.07 Å². The summed E-state index contributed by atoms with van der Waals surface area (Å²) in [5.74, 6) is 2.03. The minimum Gasteiger partial charge on any atom is -0.478 e. The van der Waals surface area contributed by atoms with Crippen molar-refractivity contribution in [3.63, 3.8) is 0 Å². The highest BCUT2D eigenvalue weighted by Crippen LogP contribution is 2.20. The van der Waals surface area contributed by atoms with E-state index in [1.54, 1.807) is 6.07 Å². The number of hydrogen-bond donors (Lipinski definition) is 1. The average Bonchev–Trinajstić information content (AvgIpc) is 2.14. The Morgan fingerprint density at radius 2 is 1.94 bits per heavy atom. The summed E-state index contributed by atoms with van der Waals surface area (Å²) in [5.41, 5.74) is 5.99. The molecule has 4 heteroatoms. The SMILES string of the molecule is CC(C)c1nc(N)cc(OCCC(C)(C)C)n1. The van der Waals surface area contributed by atoms with E-state index in [-0.39, 0.29) is 11.3 Å². The van der Waals surface area contributed by atoms with Crippen molar-refractivity contribution in [1.82, 2.24) is 9.97 Å². The lowest BCUT2D eigenvalue weighted by Crippen LogP contribution is -2.12. The van der Waals surface area contributed by atoms with Crippen LogP contribution in [0.1, 0.15) is 52.8 Å². The first kappa shape index (κ1) is 13.7. The number of aromatic nitrogens is 2. The van der Waals surface area contributed by atoms with Crippen LogP contribution in [0.5, 0.6) is 5.88 Å². The van der Waals surface area contributed by atoms with E-state index in [4.69, 9.17) is 10.5 Å². The van der Waals surface area contributed by atoms with E-state index in [2.05, 4.69) is 30.7 Å². The second-order valence-corrected chi connectivity index (χ2v) is 5.80. The average molecular weight is 237 g/mol. The molecule has 0 unspecified atom stereocenters. The van der Waals surface area contributed by atoms with Crippen molar-refractivity contribution >= 4 is 5.82 Å². The van der Waals surface area contributed by atoms with Crippen molar-refractivity contribution in [2.45, 2.75) is 47.0 Å². The molecule has 1 aromatic heterocycles. The lowest BCUT2D eigenvalue weighted by Gasteiger charge is -2.18. The predicted molar refractivity (Wildman–Crippen MR) is 70.1 cm³/mol. The van der Waals surface area contributed by atoms with Gasteiger partial charge in [-0.3, -0.25) is 0 Å². The first-order valence-electron chi connectivity index (χ1n) is 6.05. The lowest BCUT2D eigenvalue weighted by molar-refractivity contribution is 0.235. The number of hydrogen-bond acceptors (Lipinski definition) is 4. The third-order valence-corrected chi connectivity index (χ3v) is 2.36. The number of ether oxygens (including phenoxy) is 1. The van der Waals surface area contributed by atoms with Gasteiger partial charge in [0.15, 0.2) is 0 Å². The summed E-state index contributed by atoms with van der Waals surface area (Å²) in [7, 11) is 0. The van der Waals surface area contributed by atoms with E-state index in [0.29, 0.717) is 18.3 Å². The highest BCUT2D eigenvalue weighted by Gasteiger charge is 2.11.